The molecule has 0 aromatic carbocycles. The van der Waals surface area contributed by atoms with Crippen molar-refractivity contribution >= 4 is 5.91 Å². The van der Waals surface area contributed by atoms with Crippen LogP contribution in [0.15, 0.2) is 60.8 Å². The van der Waals surface area contributed by atoms with Crippen LogP contribution in [0.4, 0.5) is 0 Å². The van der Waals surface area contributed by atoms with Crippen molar-refractivity contribution in [2.45, 2.75) is 371 Å². The number of ether oxygens (including phenoxy) is 2. The molecule has 0 aromatic heterocycles. The largest absolute Gasteiger partial charge is 0.394 e. The predicted octanol–water partition coefficient (Wildman–Crippen LogP) is 16.5. The van der Waals surface area contributed by atoms with Gasteiger partial charge in [0.05, 0.1) is 25.4 Å². The van der Waals surface area contributed by atoms with Crippen LogP contribution in [0, 0.1) is 0 Å². The van der Waals surface area contributed by atoms with Crippen molar-refractivity contribution in [2.24, 2.45) is 0 Å². The third-order valence-electron chi connectivity index (χ3n) is 16.5. The van der Waals surface area contributed by atoms with Gasteiger partial charge in [0, 0.05) is 0 Å². The molecular weight excluding hydrogens is 1030 g/mol. The lowest BCUT2D eigenvalue weighted by Gasteiger charge is -2.40. The summed E-state index contributed by atoms with van der Waals surface area (Å²) in [6.45, 7) is 3.46. The molecule has 480 valence electrons. The van der Waals surface area contributed by atoms with Gasteiger partial charge in [-0.25, -0.2) is 0 Å². The van der Waals surface area contributed by atoms with Crippen molar-refractivity contribution in [3.05, 3.63) is 60.8 Å². The maximum Gasteiger partial charge on any atom is 0.249 e. The van der Waals surface area contributed by atoms with E-state index in [4.69, 9.17) is 9.47 Å². The number of unbranched alkanes of at least 4 members (excludes halogenated alkanes) is 38. The Labute approximate surface area is 503 Å². The molecule has 1 heterocycles. The second-order valence-corrected chi connectivity index (χ2v) is 24.2. The van der Waals surface area contributed by atoms with E-state index in [-0.39, 0.29) is 12.8 Å². The first-order valence-electron chi connectivity index (χ1n) is 34.7. The lowest BCUT2D eigenvalue weighted by Crippen LogP contribution is -2.60. The molecule has 0 radical (unpaired) electrons. The van der Waals surface area contributed by atoms with Gasteiger partial charge in [0.25, 0.3) is 0 Å². The first-order chi connectivity index (χ1) is 40.2. The second kappa shape index (κ2) is 59.2. The quantitative estimate of drug-likeness (QED) is 0.0215. The molecular formula is C71H131NO10. The van der Waals surface area contributed by atoms with Crippen molar-refractivity contribution in [3.8, 4) is 0 Å². The zero-order chi connectivity index (χ0) is 59.6. The van der Waals surface area contributed by atoms with Gasteiger partial charge in [-0.15, -0.1) is 0 Å². The van der Waals surface area contributed by atoms with Crippen LogP contribution in [-0.4, -0.2) is 110 Å². The van der Waals surface area contributed by atoms with Gasteiger partial charge in [-0.2, -0.15) is 0 Å². The number of rotatable bonds is 60. The average molecular weight is 1160 g/mol. The number of carbonyl (C=O) groups is 1. The number of nitrogens with one attached hydrogen (secondary N) is 1. The highest BCUT2D eigenvalue weighted by Gasteiger charge is 2.44. The van der Waals surface area contributed by atoms with E-state index < -0.39 is 74.2 Å². The molecule has 1 amide bonds. The fourth-order valence-corrected chi connectivity index (χ4v) is 10.9. The first kappa shape index (κ1) is 77.8. The van der Waals surface area contributed by atoms with Gasteiger partial charge < -0.3 is 50.5 Å². The summed E-state index contributed by atoms with van der Waals surface area (Å²) in [5, 5.41) is 76.3. The molecule has 82 heavy (non-hydrogen) atoms. The van der Waals surface area contributed by atoms with Crippen molar-refractivity contribution in [3.63, 3.8) is 0 Å². The summed E-state index contributed by atoms with van der Waals surface area (Å²) in [7, 11) is 0. The van der Waals surface area contributed by atoms with Gasteiger partial charge >= 0.3 is 0 Å². The van der Waals surface area contributed by atoms with Gasteiger partial charge in [-0.05, 0) is 96.3 Å². The zero-order valence-electron chi connectivity index (χ0n) is 53.0. The monoisotopic (exact) mass is 1160 g/mol. The van der Waals surface area contributed by atoms with E-state index in [0.29, 0.717) is 19.3 Å². The summed E-state index contributed by atoms with van der Waals surface area (Å²) >= 11 is 0. The maximum atomic E-state index is 13.2. The molecule has 0 bridgehead atoms. The van der Waals surface area contributed by atoms with Gasteiger partial charge in [0.1, 0.15) is 36.6 Å². The van der Waals surface area contributed by atoms with E-state index in [1.165, 1.54) is 218 Å². The minimum atomic E-state index is -1.68. The molecule has 1 aliphatic heterocycles. The Bertz CT molecular complexity index is 1520. The molecule has 0 aliphatic carbocycles. The van der Waals surface area contributed by atoms with Crippen LogP contribution in [0.1, 0.15) is 316 Å². The number of aliphatic hydroxyl groups excluding tert-OH is 7. The minimum absolute atomic E-state index is 0.240. The van der Waals surface area contributed by atoms with Gasteiger partial charge in [0.2, 0.25) is 5.91 Å². The zero-order valence-corrected chi connectivity index (χ0v) is 53.0. The lowest BCUT2D eigenvalue weighted by atomic mass is 9.98. The summed E-state index contributed by atoms with van der Waals surface area (Å²) in [6.07, 6.45) is 67.4. The molecule has 11 heteroatoms. The van der Waals surface area contributed by atoms with Crippen LogP contribution in [-0.2, 0) is 14.3 Å². The minimum Gasteiger partial charge on any atom is -0.394 e. The number of amides is 1. The SMILES string of the molecule is CCCCCCCC/C=C/CC/C=C/CC/C=C/CCCC(O)C(O)C(COC1OC(CO)C(O)C(O)C1O)NC(=O)C(O)CCCCCCCCCCCCCCCCCC/C=C\C/C=C\CCCCCCCCCCCCCCC. The van der Waals surface area contributed by atoms with E-state index in [0.717, 1.165) is 51.4 Å². The number of hydrogen-bond donors (Lipinski definition) is 8. The van der Waals surface area contributed by atoms with Gasteiger partial charge in [0.15, 0.2) is 6.29 Å². The van der Waals surface area contributed by atoms with E-state index in [1.807, 2.05) is 0 Å². The number of hydrogen-bond acceptors (Lipinski definition) is 10. The Morgan fingerprint density at radius 2 is 0.768 bits per heavy atom. The summed E-state index contributed by atoms with van der Waals surface area (Å²) in [4.78, 5) is 13.2. The maximum absolute atomic E-state index is 13.2. The Balaban J connectivity index is 2.19. The molecule has 1 rings (SSSR count). The van der Waals surface area contributed by atoms with E-state index in [1.54, 1.807) is 0 Å². The second-order valence-electron chi connectivity index (χ2n) is 24.2. The average Bonchev–Trinajstić information content (AvgIpc) is 3.53. The van der Waals surface area contributed by atoms with Crippen LogP contribution in [0.3, 0.4) is 0 Å². The van der Waals surface area contributed by atoms with Crippen LogP contribution >= 0.6 is 0 Å². The molecule has 0 spiro atoms. The molecule has 9 unspecified atom stereocenters. The number of allylic oxidation sites excluding steroid dienone is 10. The van der Waals surface area contributed by atoms with Crippen LogP contribution in [0.5, 0.6) is 0 Å². The molecule has 0 aromatic rings. The fraction of sp³-hybridized carbons (Fsp3) is 0.845. The normalized spacial score (nSPS) is 19.5. The predicted molar refractivity (Wildman–Crippen MR) is 344 cm³/mol. The highest BCUT2D eigenvalue weighted by molar-refractivity contribution is 5.80. The van der Waals surface area contributed by atoms with Crippen molar-refractivity contribution in [1.29, 1.82) is 0 Å². The number of carbonyl (C=O) groups excluding carboxylic acids is 1. The van der Waals surface area contributed by atoms with Crippen LogP contribution in [0.2, 0.25) is 0 Å². The third kappa shape index (κ3) is 46.1. The summed E-state index contributed by atoms with van der Waals surface area (Å²) < 4.78 is 11.2. The topological polar surface area (TPSA) is 189 Å². The smallest absolute Gasteiger partial charge is 0.249 e. The Morgan fingerprint density at radius 1 is 0.427 bits per heavy atom. The number of aliphatic hydroxyl groups is 7. The van der Waals surface area contributed by atoms with E-state index in [2.05, 4.69) is 79.9 Å². The highest BCUT2D eigenvalue weighted by Crippen LogP contribution is 2.24. The molecule has 9 atom stereocenters. The van der Waals surface area contributed by atoms with Gasteiger partial charge in [-0.1, -0.05) is 280 Å². The van der Waals surface area contributed by atoms with Crippen LogP contribution < -0.4 is 5.32 Å². The fourth-order valence-electron chi connectivity index (χ4n) is 10.9. The highest BCUT2D eigenvalue weighted by atomic mass is 16.7. The molecule has 1 aliphatic rings. The van der Waals surface area contributed by atoms with Gasteiger partial charge in [-0.3, -0.25) is 4.79 Å². The van der Waals surface area contributed by atoms with E-state index in [9.17, 15) is 40.5 Å². The summed E-state index contributed by atoms with van der Waals surface area (Å²) in [5.41, 5.74) is 0. The Morgan fingerprint density at radius 3 is 1.16 bits per heavy atom. The van der Waals surface area contributed by atoms with Crippen LogP contribution in [0.25, 0.3) is 0 Å². The van der Waals surface area contributed by atoms with Crippen molar-refractivity contribution < 1.29 is 50.0 Å². The summed E-state index contributed by atoms with van der Waals surface area (Å²) in [6, 6.07) is -1.20. The first-order valence-corrected chi connectivity index (χ1v) is 34.7. The molecule has 1 fully saturated rings. The lowest BCUT2D eigenvalue weighted by molar-refractivity contribution is -0.303. The van der Waals surface area contributed by atoms with Crippen molar-refractivity contribution in [2.75, 3.05) is 13.2 Å². The van der Waals surface area contributed by atoms with E-state index >= 15 is 0 Å². The molecule has 1 saturated heterocycles. The Hall–Kier alpha value is -2.19. The molecule has 11 nitrogen and oxygen atoms in total. The molecule has 0 saturated carbocycles. The summed E-state index contributed by atoms with van der Waals surface area (Å²) in [5.74, 6) is -0.710. The molecule has 8 N–H and O–H groups in total. The third-order valence-corrected chi connectivity index (χ3v) is 16.5. The van der Waals surface area contributed by atoms with Crippen molar-refractivity contribution in [1.82, 2.24) is 5.32 Å². The Kier molecular flexibility index (Phi) is 56.1. The standard InChI is InChI=1S/C71H131NO10/c1-3-5-7-9-11-13-15-17-19-21-23-24-25-26-27-28-29-30-31-32-33-34-35-36-37-38-39-41-43-45-47-49-51-53-55-57-59-64(75)70(80)72-62(61-81-71-69(79)68(78)67(77)65(60-73)82-71)66(76)63(74)58-56-54-52-50-48-46-44-42-40-22-20-18-16-14-12-10-8-6-4-2/h18,20,27-28,30-31,42,44,50,52,62-69,71,73-79H,3-17,19,21-26,29,32-41,43,45-49,51,53-61H2,1-2H3,(H,72,80)/b20-18+,28-27-,31-30-,44-42+,52-50+.